The number of ether oxygens (including phenoxy) is 1. The number of thiocarbonyl (C=S) groups is 1. The molecule has 1 heterocycles. The third-order valence-corrected chi connectivity index (χ3v) is 2.58. The molecule has 0 saturated heterocycles. The topological polar surface area (TPSA) is 53.1 Å². The fraction of sp³-hybridized carbons (Fsp3) is 0.167. The molecule has 0 fully saturated rings. The molecule has 0 aliphatic heterocycles. The highest BCUT2D eigenvalue weighted by atomic mass is 32.1. The number of benzene rings is 1. The van der Waals surface area contributed by atoms with Crippen LogP contribution in [-0.2, 0) is 7.05 Å². The highest BCUT2D eigenvalue weighted by Crippen LogP contribution is 2.26. The molecule has 0 unspecified atom stereocenters. The molecule has 0 radical (unpaired) electrons. The summed E-state index contributed by atoms with van der Waals surface area (Å²) < 4.78 is 7.39. The molecule has 0 aliphatic carbocycles. The molecule has 0 aliphatic rings. The van der Waals surface area contributed by atoms with E-state index in [1.165, 1.54) is 0 Å². The van der Waals surface area contributed by atoms with E-state index in [0.29, 0.717) is 16.4 Å². The van der Waals surface area contributed by atoms with E-state index in [1.54, 1.807) is 11.7 Å². The molecule has 5 heteroatoms. The van der Waals surface area contributed by atoms with Gasteiger partial charge in [0.15, 0.2) is 0 Å². The van der Waals surface area contributed by atoms with Crippen LogP contribution in [0.15, 0.2) is 30.3 Å². The first-order chi connectivity index (χ1) is 8.09. The third-order valence-electron chi connectivity index (χ3n) is 2.37. The van der Waals surface area contributed by atoms with Crippen LogP contribution >= 0.6 is 12.2 Å². The van der Waals surface area contributed by atoms with Gasteiger partial charge in [-0.15, -0.1) is 0 Å². The summed E-state index contributed by atoms with van der Waals surface area (Å²) in [5, 5.41) is 4.25. The summed E-state index contributed by atoms with van der Waals surface area (Å²) in [7, 11) is 1.80. The second-order valence-electron chi connectivity index (χ2n) is 3.67. The molecule has 0 bridgehead atoms. The Bertz CT molecular complexity index is 548. The number of aryl methyl sites for hydroxylation is 2. The average molecular weight is 247 g/mol. The molecular formula is C12H13N3OS. The lowest BCUT2D eigenvalue weighted by atomic mass is 10.2. The van der Waals surface area contributed by atoms with Crippen LogP contribution in [0, 0.1) is 6.92 Å². The number of aromatic nitrogens is 2. The maximum absolute atomic E-state index is 5.76. The van der Waals surface area contributed by atoms with Crippen molar-refractivity contribution in [1.29, 1.82) is 0 Å². The normalized spacial score (nSPS) is 10.2. The van der Waals surface area contributed by atoms with Crippen LogP contribution in [0.1, 0.15) is 11.3 Å². The summed E-state index contributed by atoms with van der Waals surface area (Å²) in [6, 6.07) is 9.46. The van der Waals surface area contributed by atoms with Crippen LogP contribution in [-0.4, -0.2) is 14.8 Å². The first-order valence-electron chi connectivity index (χ1n) is 5.16. The van der Waals surface area contributed by atoms with Crippen LogP contribution in [0.4, 0.5) is 0 Å². The van der Waals surface area contributed by atoms with Crippen molar-refractivity contribution >= 4 is 17.2 Å². The SMILES string of the molecule is Cc1nn(C)c(Oc2ccccc2)c1C(N)=S. The van der Waals surface area contributed by atoms with Crippen LogP contribution in [0.25, 0.3) is 0 Å². The van der Waals surface area contributed by atoms with Crippen molar-refractivity contribution in [2.75, 3.05) is 0 Å². The van der Waals surface area contributed by atoms with Gasteiger partial charge in [0, 0.05) is 7.05 Å². The van der Waals surface area contributed by atoms with Crippen molar-refractivity contribution in [3.63, 3.8) is 0 Å². The zero-order chi connectivity index (χ0) is 12.4. The smallest absolute Gasteiger partial charge is 0.228 e. The van der Waals surface area contributed by atoms with Crippen LogP contribution in [0.5, 0.6) is 11.6 Å². The summed E-state index contributed by atoms with van der Waals surface area (Å²) in [5.74, 6) is 1.30. The van der Waals surface area contributed by atoms with Gasteiger partial charge < -0.3 is 10.5 Å². The molecule has 0 amide bonds. The quantitative estimate of drug-likeness (QED) is 0.844. The van der Waals surface area contributed by atoms with Crippen LogP contribution < -0.4 is 10.5 Å². The molecular weight excluding hydrogens is 234 g/mol. The van der Waals surface area contributed by atoms with Gasteiger partial charge in [-0.1, -0.05) is 30.4 Å². The van der Waals surface area contributed by atoms with Gasteiger partial charge in [0.05, 0.1) is 11.3 Å². The highest BCUT2D eigenvalue weighted by Gasteiger charge is 2.17. The van der Waals surface area contributed by atoms with Gasteiger partial charge >= 0.3 is 0 Å². The van der Waals surface area contributed by atoms with Gasteiger partial charge in [0.2, 0.25) is 5.88 Å². The van der Waals surface area contributed by atoms with Gasteiger partial charge in [0.1, 0.15) is 10.7 Å². The number of hydrogen-bond acceptors (Lipinski definition) is 3. The number of para-hydroxylation sites is 1. The van der Waals surface area contributed by atoms with Gasteiger partial charge in [-0.2, -0.15) is 5.10 Å². The number of rotatable bonds is 3. The van der Waals surface area contributed by atoms with Crippen molar-refractivity contribution in [1.82, 2.24) is 9.78 Å². The van der Waals surface area contributed by atoms with E-state index in [1.807, 2.05) is 37.3 Å². The number of nitrogens with two attached hydrogens (primary N) is 1. The first-order valence-corrected chi connectivity index (χ1v) is 5.56. The predicted molar refractivity (Wildman–Crippen MR) is 70.3 cm³/mol. The lowest BCUT2D eigenvalue weighted by Crippen LogP contribution is -2.11. The van der Waals surface area contributed by atoms with Crippen LogP contribution in [0.3, 0.4) is 0 Å². The van der Waals surface area contributed by atoms with E-state index < -0.39 is 0 Å². The molecule has 2 aromatic rings. The zero-order valence-electron chi connectivity index (χ0n) is 9.68. The maximum atomic E-state index is 5.76. The minimum absolute atomic E-state index is 0.293. The molecule has 17 heavy (non-hydrogen) atoms. The summed E-state index contributed by atoms with van der Waals surface area (Å²) in [6.45, 7) is 1.85. The molecule has 1 aromatic carbocycles. The fourth-order valence-electron chi connectivity index (χ4n) is 1.64. The fourth-order valence-corrected chi connectivity index (χ4v) is 1.87. The van der Waals surface area contributed by atoms with Gasteiger partial charge in [-0.3, -0.25) is 0 Å². The summed E-state index contributed by atoms with van der Waals surface area (Å²) in [5.41, 5.74) is 7.14. The maximum Gasteiger partial charge on any atom is 0.228 e. The largest absolute Gasteiger partial charge is 0.439 e. The predicted octanol–water partition coefficient (Wildman–Crippen LogP) is 2.16. The Hall–Kier alpha value is -1.88. The Morgan fingerprint density at radius 2 is 2.00 bits per heavy atom. The lowest BCUT2D eigenvalue weighted by Gasteiger charge is -2.07. The first kappa shape index (κ1) is 11.6. The monoisotopic (exact) mass is 247 g/mol. The lowest BCUT2D eigenvalue weighted by molar-refractivity contribution is 0.430. The Morgan fingerprint density at radius 1 is 1.35 bits per heavy atom. The second-order valence-corrected chi connectivity index (χ2v) is 4.11. The minimum Gasteiger partial charge on any atom is -0.439 e. The van der Waals surface area contributed by atoms with E-state index in [-0.39, 0.29) is 0 Å². The Labute approximate surface area is 105 Å². The summed E-state index contributed by atoms with van der Waals surface area (Å²) in [6.07, 6.45) is 0. The Balaban J connectivity index is 2.42. The Morgan fingerprint density at radius 3 is 2.59 bits per heavy atom. The Kier molecular flexibility index (Phi) is 3.10. The molecule has 4 nitrogen and oxygen atoms in total. The van der Waals surface area contributed by atoms with Gasteiger partial charge in [-0.25, -0.2) is 4.68 Å². The third kappa shape index (κ3) is 2.29. The molecule has 2 rings (SSSR count). The standard InChI is InChI=1S/C12H13N3OS/c1-8-10(11(13)17)12(15(2)14-8)16-9-6-4-3-5-7-9/h3-7H,1-2H3,(H2,13,17). The van der Waals surface area contributed by atoms with Gasteiger partial charge in [-0.05, 0) is 19.1 Å². The highest BCUT2D eigenvalue weighted by molar-refractivity contribution is 7.80. The van der Waals surface area contributed by atoms with Crippen molar-refractivity contribution < 1.29 is 4.74 Å². The van der Waals surface area contributed by atoms with E-state index in [4.69, 9.17) is 22.7 Å². The van der Waals surface area contributed by atoms with E-state index >= 15 is 0 Å². The number of hydrogen-bond donors (Lipinski definition) is 1. The van der Waals surface area contributed by atoms with Crippen molar-refractivity contribution in [2.24, 2.45) is 12.8 Å². The van der Waals surface area contributed by atoms with Crippen molar-refractivity contribution in [3.05, 3.63) is 41.6 Å². The second kappa shape index (κ2) is 4.55. The average Bonchev–Trinajstić information content (AvgIpc) is 2.55. The van der Waals surface area contributed by atoms with Crippen molar-refractivity contribution in [3.8, 4) is 11.6 Å². The molecule has 88 valence electrons. The zero-order valence-corrected chi connectivity index (χ0v) is 10.5. The molecule has 0 spiro atoms. The van der Waals surface area contributed by atoms with Gasteiger partial charge in [0.25, 0.3) is 0 Å². The molecule has 2 N–H and O–H groups in total. The summed E-state index contributed by atoms with van der Waals surface area (Å²) >= 11 is 5.01. The van der Waals surface area contributed by atoms with E-state index in [2.05, 4.69) is 5.10 Å². The molecule has 0 atom stereocenters. The minimum atomic E-state index is 0.293. The van der Waals surface area contributed by atoms with Crippen molar-refractivity contribution in [2.45, 2.75) is 6.92 Å². The molecule has 0 saturated carbocycles. The number of nitrogens with zero attached hydrogens (tertiary/aromatic N) is 2. The molecule has 1 aromatic heterocycles. The van der Waals surface area contributed by atoms with E-state index in [9.17, 15) is 0 Å². The summed E-state index contributed by atoms with van der Waals surface area (Å²) in [4.78, 5) is 0.293. The van der Waals surface area contributed by atoms with Crippen LogP contribution in [0.2, 0.25) is 0 Å². The van der Waals surface area contributed by atoms with E-state index in [0.717, 1.165) is 11.4 Å².